The number of para-hydroxylation sites is 1. The molecule has 1 unspecified atom stereocenters. The largest absolute Gasteiger partial charge is 0.493 e. The third-order valence-electron chi connectivity index (χ3n) is 4.81. The molecule has 0 spiro atoms. The van der Waals surface area contributed by atoms with E-state index in [1.165, 1.54) is 19.3 Å². The molecule has 2 rings (SSSR count). The second kappa shape index (κ2) is 11.5. The summed E-state index contributed by atoms with van der Waals surface area (Å²) in [5.74, 6) is 0.254. The number of esters is 1. The summed E-state index contributed by atoms with van der Waals surface area (Å²) in [6.45, 7) is 8.32. The number of unbranched alkanes of at least 4 members (excludes halogenated alkanes) is 4. The first-order chi connectivity index (χ1) is 14.0. The Morgan fingerprint density at radius 2 is 1.83 bits per heavy atom. The Labute approximate surface area is 174 Å². The zero-order chi connectivity index (χ0) is 21.2. The number of allylic oxidation sites excluding steroid dienone is 1. The predicted molar refractivity (Wildman–Crippen MR) is 114 cm³/mol. The number of hydrogen-bond donors (Lipinski definition) is 2. The summed E-state index contributed by atoms with van der Waals surface area (Å²) in [4.78, 5) is 25.1. The van der Waals surface area contributed by atoms with Gasteiger partial charge >= 0.3 is 12.0 Å². The molecule has 0 bridgehead atoms. The molecule has 2 amide bonds. The molecule has 0 fully saturated rings. The van der Waals surface area contributed by atoms with Gasteiger partial charge in [-0.1, -0.05) is 57.7 Å². The number of carbonyl (C=O) groups is 2. The number of nitrogens with one attached hydrogen (secondary N) is 2. The lowest BCUT2D eigenvalue weighted by Crippen LogP contribution is -2.46. The van der Waals surface area contributed by atoms with E-state index in [0.717, 1.165) is 18.4 Å². The molecule has 1 atom stereocenters. The predicted octanol–water partition coefficient (Wildman–Crippen LogP) is 5.01. The van der Waals surface area contributed by atoms with Crippen molar-refractivity contribution in [2.75, 3.05) is 6.61 Å². The van der Waals surface area contributed by atoms with Crippen LogP contribution in [0.4, 0.5) is 4.79 Å². The number of amides is 2. The fourth-order valence-electron chi connectivity index (χ4n) is 3.39. The van der Waals surface area contributed by atoms with E-state index in [1.54, 1.807) is 0 Å². The number of ether oxygens (including phenoxy) is 2. The Bertz CT molecular complexity index is 727. The fraction of sp³-hybridized carbons (Fsp3) is 0.565. The van der Waals surface area contributed by atoms with Gasteiger partial charge in [-0.3, -0.25) is 0 Å². The lowest BCUT2D eigenvalue weighted by molar-refractivity contribution is -0.143. The highest BCUT2D eigenvalue weighted by molar-refractivity contribution is 5.95. The van der Waals surface area contributed by atoms with Crippen LogP contribution in [0.2, 0.25) is 0 Å². The van der Waals surface area contributed by atoms with Gasteiger partial charge in [0.15, 0.2) is 0 Å². The molecule has 160 valence electrons. The van der Waals surface area contributed by atoms with E-state index in [2.05, 4.69) is 17.6 Å². The zero-order valence-electron chi connectivity index (χ0n) is 18.0. The molecule has 1 aliphatic rings. The van der Waals surface area contributed by atoms with Crippen molar-refractivity contribution in [2.24, 2.45) is 0 Å². The molecule has 1 aromatic rings. The molecule has 0 aromatic heterocycles. The Morgan fingerprint density at radius 3 is 2.52 bits per heavy atom. The van der Waals surface area contributed by atoms with E-state index in [0.29, 0.717) is 30.0 Å². The highest BCUT2D eigenvalue weighted by atomic mass is 16.5. The number of benzene rings is 1. The molecule has 0 saturated carbocycles. The maximum absolute atomic E-state index is 12.8. The van der Waals surface area contributed by atoms with Crippen molar-refractivity contribution >= 4 is 12.0 Å². The summed E-state index contributed by atoms with van der Waals surface area (Å²) in [5.41, 5.74) is 1.77. The summed E-state index contributed by atoms with van der Waals surface area (Å²) in [6.07, 6.45) is 6.04. The van der Waals surface area contributed by atoms with Crippen molar-refractivity contribution in [1.82, 2.24) is 10.6 Å². The maximum Gasteiger partial charge on any atom is 0.338 e. The Balaban J connectivity index is 2.25. The topological polar surface area (TPSA) is 76.7 Å². The van der Waals surface area contributed by atoms with E-state index < -0.39 is 12.0 Å². The summed E-state index contributed by atoms with van der Waals surface area (Å²) in [7, 11) is 0. The minimum Gasteiger partial charge on any atom is -0.493 e. The molecule has 1 heterocycles. The molecule has 0 saturated heterocycles. The van der Waals surface area contributed by atoms with Gasteiger partial charge in [0, 0.05) is 11.3 Å². The Kier molecular flexibility index (Phi) is 9.03. The van der Waals surface area contributed by atoms with E-state index in [4.69, 9.17) is 9.47 Å². The van der Waals surface area contributed by atoms with Gasteiger partial charge in [0.25, 0.3) is 0 Å². The second-order valence-electron chi connectivity index (χ2n) is 7.53. The number of hydrogen-bond acceptors (Lipinski definition) is 4. The van der Waals surface area contributed by atoms with Crippen LogP contribution in [0.1, 0.15) is 77.8 Å². The Morgan fingerprint density at radius 1 is 1.10 bits per heavy atom. The van der Waals surface area contributed by atoms with Crippen molar-refractivity contribution in [3.63, 3.8) is 0 Å². The van der Waals surface area contributed by atoms with Crippen LogP contribution in [0.25, 0.3) is 0 Å². The first kappa shape index (κ1) is 22.8. The van der Waals surface area contributed by atoms with Gasteiger partial charge in [-0.25, -0.2) is 9.59 Å². The molecule has 1 aromatic carbocycles. The molecule has 29 heavy (non-hydrogen) atoms. The van der Waals surface area contributed by atoms with Crippen molar-refractivity contribution in [3.05, 3.63) is 41.1 Å². The normalized spacial score (nSPS) is 16.4. The maximum atomic E-state index is 12.8. The zero-order valence-corrected chi connectivity index (χ0v) is 18.0. The van der Waals surface area contributed by atoms with Crippen molar-refractivity contribution in [2.45, 2.75) is 78.4 Å². The van der Waals surface area contributed by atoms with Crippen LogP contribution >= 0.6 is 0 Å². The van der Waals surface area contributed by atoms with Gasteiger partial charge in [-0.05, 0) is 32.8 Å². The molecule has 0 aliphatic carbocycles. The highest BCUT2D eigenvalue weighted by Gasteiger charge is 2.35. The first-order valence-corrected chi connectivity index (χ1v) is 10.7. The fourth-order valence-corrected chi connectivity index (χ4v) is 3.39. The highest BCUT2D eigenvalue weighted by Crippen LogP contribution is 2.34. The van der Waals surface area contributed by atoms with E-state index >= 15 is 0 Å². The van der Waals surface area contributed by atoms with Crippen LogP contribution in [0.3, 0.4) is 0 Å². The molecule has 1 aliphatic heterocycles. The second-order valence-corrected chi connectivity index (χ2v) is 7.53. The third kappa shape index (κ3) is 6.51. The minimum atomic E-state index is -0.610. The molecule has 0 radical (unpaired) electrons. The summed E-state index contributed by atoms with van der Waals surface area (Å²) < 4.78 is 11.5. The lowest BCUT2D eigenvalue weighted by Gasteiger charge is -2.30. The number of urea groups is 1. The van der Waals surface area contributed by atoms with E-state index in [-0.39, 0.29) is 12.1 Å². The van der Waals surface area contributed by atoms with Gasteiger partial charge in [0.2, 0.25) is 0 Å². The summed E-state index contributed by atoms with van der Waals surface area (Å²) in [5, 5.41) is 5.62. The number of carbonyl (C=O) groups excluding carboxylic acids is 2. The average Bonchev–Trinajstić information content (AvgIpc) is 2.69. The van der Waals surface area contributed by atoms with Gasteiger partial charge in [0.05, 0.1) is 24.3 Å². The van der Waals surface area contributed by atoms with E-state index in [9.17, 15) is 9.59 Å². The van der Waals surface area contributed by atoms with Crippen LogP contribution in [-0.4, -0.2) is 24.7 Å². The smallest absolute Gasteiger partial charge is 0.338 e. The van der Waals surface area contributed by atoms with Gasteiger partial charge in [0.1, 0.15) is 5.75 Å². The van der Waals surface area contributed by atoms with Crippen molar-refractivity contribution in [3.8, 4) is 5.75 Å². The lowest BCUT2D eigenvalue weighted by atomic mass is 9.93. The average molecular weight is 403 g/mol. The molecule has 6 nitrogen and oxygen atoms in total. The molecule has 6 heteroatoms. The molecular weight excluding hydrogens is 368 g/mol. The first-order valence-electron chi connectivity index (χ1n) is 10.7. The van der Waals surface area contributed by atoms with Gasteiger partial charge in [-0.15, -0.1) is 0 Å². The number of rotatable bonds is 11. The molecule has 2 N–H and O–H groups in total. The monoisotopic (exact) mass is 402 g/mol. The van der Waals surface area contributed by atoms with Crippen LogP contribution in [0, 0.1) is 0 Å². The minimum absolute atomic E-state index is 0.249. The van der Waals surface area contributed by atoms with Crippen LogP contribution in [0.15, 0.2) is 35.5 Å². The summed E-state index contributed by atoms with van der Waals surface area (Å²) >= 11 is 0. The third-order valence-corrected chi connectivity index (χ3v) is 4.81. The quantitative estimate of drug-likeness (QED) is 0.403. The SMILES string of the molecule is CCCCCCCOc1ccccc1C1NC(=O)NC(CC)=C1C(=O)OC(C)C. The van der Waals surface area contributed by atoms with E-state index in [1.807, 2.05) is 45.0 Å². The Hall–Kier alpha value is -2.50. The molecular formula is C23H34N2O4. The van der Waals surface area contributed by atoms with Crippen molar-refractivity contribution in [1.29, 1.82) is 0 Å². The standard InChI is InChI=1S/C23H34N2O4/c1-5-7-8-9-12-15-28-19-14-11-10-13-17(19)21-20(22(26)29-16(3)4)18(6-2)24-23(27)25-21/h10-11,13-14,16,21H,5-9,12,15H2,1-4H3,(H2,24,25,27). The van der Waals surface area contributed by atoms with Gasteiger partial charge < -0.3 is 20.1 Å². The van der Waals surface area contributed by atoms with Crippen molar-refractivity contribution < 1.29 is 19.1 Å². The summed E-state index contributed by atoms with van der Waals surface area (Å²) in [6, 6.07) is 6.61. The van der Waals surface area contributed by atoms with Crippen LogP contribution < -0.4 is 15.4 Å². The van der Waals surface area contributed by atoms with Gasteiger partial charge in [-0.2, -0.15) is 0 Å². The van der Waals surface area contributed by atoms with Crippen LogP contribution in [-0.2, 0) is 9.53 Å². The van der Waals surface area contributed by atoms with Crippen LogP contribution in [0.5, 0.6) is 5.75 Å².